The Kier molecular flexibility index (Phi) is 5.18. The largest absolute Gasteiger partial charge is 0.474 e. The van der Waals surface area contributed by atoms with E-state index in [2.05, 4.69) is 20.4 Å². The number of hydrogen-bond acceptors (Lipinski definition) is 5. The van der Waals surface area contributed by atoms with Crippen LogP contribution < -0.4 is 20.1 Å². The van der Waals surface area contributed by atoms with Crippen LogP contribution in [-0.2, 0) is 4.79 Å². The zero-order valence-corrected chi connectivity index (χ0v) is 16.1. The predicted molar refractivity (Wildman–Crippen MR) is 101 cm³/mol. The fourth-order valence-electron chi connectivity index (χ4n) is 2.98. The summed E-state index contributed by atoms with van der Waals surface area (Å²) in [5, 5.41) is 5.32. The second-order valence-electron chi connectivity index (χ2n) is 6.49. The van der Waals surface area contributed by atoms with E-state index in [1.807, 2.05) is 0 Å². The Hall–Kier alpha value is -2.65. The summed E-state index contributed by atoms with van der Waals surface area (Å²) < 4.78 is 35.8. The summed E-state index contributed by atoms with van der Waals surface area (Å²) in [5.74, 6) is -1.55. The van der Waals surface area contributed by atoms with Crippen LogP contribution in [0.5, 0.6) is 11.5 Å². The molecule has 0 spiro atoms. The lowest BCUT2D eigenvalue weighted by molar-refractivity contribution is -0.124. The van der Waals surface area contributed by atoms with Crippen LogP contribution in [0.25, 0.3) is 0 Å². The van der Waals surface area contributed by atoms with Gasteiger partial charge in [-0.3, -0.25) is 14.6 Å². The van der Waals surface area contributed by atoms with Gasteiger partial charge in [-0.05, 0) is 25.0 Å². The molecule has 0 radical (unpaired) electrons. The van der Waals surface area contributed by atoms with Crippen molar-refractivity contribution >= 4 is 46.4 Å². The molecule has 1 atom stereocenters. The van der Waals surface area contributed by atoms with E-state index >= 15 is 0 Å². The van der Waals surface area contributed by atoms with Crippen molar-refractivity contribution in [1.29, 1.82) is 0 Å². The van der Waals surface area contributed by atoms with Crippen molar-refractivity contribution in [3.63, 3.8) is 0 Å². The Morgan fingerprint density at radius 2 is 1.97 bits per heavy atom. The number of carbonyl (C=O) groups excluding carboxylic acids is 2. The molecule has 0 saturated heterocycles. The molecule has 7 nitrogen and oxygen atoms in total. The maximum atomic E-state index is 12.8. The molecule has 2 aromatic rings. The second kappa shape index (κ2) is 7.64. The molecule has 1 saturated carbocycles. The first kappa shape index (κ1) is 19.7. The molecule has 1 fully saturated rings. The third kappa shape index (κ3) is 3.92. The zero-order chi connectivity index (χ0) is 20.7. The van der Waals surface area contributed by atoms with Gasteiger partial charge in [-0.25, -0.2) is 0 Å². The molecule has 1 aromatic carbocycles. The Labute approximate surface area is 173 Å². The summed E-state index contributed by atoms with van der Waals surface area (Å²) in [6.45, 7) is -3.10. The van der Waals surface area contributed by atoms with E-state index in [0.717, 1.165) is 12.8 Å². The fraction of sp³-hybridized carbons (Fsp3) is 0.278. The smallest absolute Gasteiger partial charge is 0.387 e. The molecule has 152 valence electrons. The summed E-state index contributed by atoms with van der Waals surface area (Å²) in [6.07, 6.45) is 3.34. The van der Waals surface area contributed by atoms with E-state index in [1.54, 1.807) is 0 Å². The first-order chi connectivity index (χ1) is 13.8. The number of nitrogens with zero attached hydrogens (tertiary/aromatic N) is 1. The third-order valence-corrected chi connectivity index (χ3v) is 5.05. The van der Waals surface area contributed by atoms with E-state index in [4.69, 9.17) is 27.9 Å². The molecule has 4 rings (SSSR count). The number of benzene rings is 1. The maximum Gasteiger partial charge on any atom is 0.387 e. The summed E-state index contributed by atoms with van der Waals surface area (Å²) in [4.78, 5) is 29.0. The first-order valence-corrected chi connectivity index (χ1v) is 9.30. The van der Waals surface area contributed by atoms with Crippen LogP contribution in [0.2, 0.25) is 10.0 Å². The predicted octanol–water partition coefficient (Wildman–Crippen LogP) is 4.35. The fourth-order valence-corrected chi connectivity index (χ4v) is 3.44. The summed E-state index contributed by atoms with van der Waals surface area (Å²) >= 11 is 12.0. The molecular weight excluding hydrogens is 431 g/mol. The van der Waals surface area contributed by atoms with Crippen molar-refractivity contribution in [2.45, 2.75) is 25.6 Å². The van der Waals surface area contributed by atoms with Gasteiger partial charge in [-0.1, -0.05) is 23.2 Å². The SMILES string of the molecule is O=C(Nc1c(Cl)cncc1Cl)c1ccc(OC(F)F)c2c1NC(=O)[C@@H](C1CC1)O2. The van der Waals surface area contributed by atoms with E-state index in [-0.39, 0.29) is 44.4 Å². The zero-order valence-electron chi connectivity index (χ0n) is 14.5. The van der Waals surface area contributed by atoms with Crippen molar-refractivity contribution in [2.75, 3.05) is 10.6 Å². The van der Waals surface area contributed by atoms with Gasteiger partial charge in [0.1, 0.15) is 5.69 Å². The highest BCUT2D eigenvalue weighted by Gasteiger charge is 2.43. The van der Waals surface area contributed by atoms with E-state index in [1.165, 1.54) is 24.5 Å². The topological polar surface area (TPSA) is 89.5 Å². The van der Waals surface area contributed by atoms with Crippen molar-refractivity contribution in [2.24, 2.45) is 5.92 Å². The van der Waals surface area contributed by atoms with Crippen LogP contribution in [0.15, 0.2) is 24.5 Å². The van der Waals surface area contributed by atoms with E-state index in [9.17, 15) is 18.4 Å². The monoisotopic (exact) mass is 443 g/mol. The number of aromatic nitrogens is 1. The highest BCUT2D eigenvalue weighted by molar-refractivity contribution is 6.39. The molecular formula is C18H13Cl2F2N3O4. The molecule has 0 unspecified atom stereocenters. The molecule has 1 aromatic heterocycles. The van der Waals surface area contributed by atoms with Gasteiger partial charge in [0.15, 0.2) is 17.6 Å². The Morgan fingerprint density at radius 1 is 1.28 bits per heavy atom. The number of anilines is 2. The number of carbonyl (C=O) groups is 2. The third-order valence-electron chi connectivity index (χ3n) is 4.48. The maximum absolute atomic E-state index is 12.8. The normalized spacial score (nSPS) is 18.0. The lowest BCUT2D eigenvalue weighted by atomic mass is 10.1. The van der Waals surface area contributed by atoms with Gasteiger partial charge in [0.25, 0.3) is 11.8 Å². The van der Waals surface area contributed by atoms with Gasteiger partial charge >= 0.3 is 6.61 Å². The first-order valence-electron chi connectivity index (χ1n) is 8.55. The molecule has 29 heavy (non-hydrogen) atoms. The Bertz CT molecular complexity index is 981. The number of rotatable bonds is 5. The minimum absolute atomic E-state index is 0.00513. The number of hydrogen-bond donors (Lipinski definition) is 2. The molecule has 2 heterocycles. The lowest BCUT2D eigenvalue weighted by Gasteiger charge is -2.28. The number of nitrogens with one attached hydrogen (secondary N) is 2. The summed E-state index contributed by atoms with van der Waals surface area (Å²) in [5.41, 5.74) is 0.0194. The molecule has 2 amide bonds. The molecule has 0 bridgehead atoms. The van der Waals surface area contributed by atoms with Crippen molar-refractivity contribution in [3.8, 4) is 11.5 Å². The quantitative estimate of drug-likeness (QED) is 0.716. The van der Waals surface area contributed by atoms with Crippen LogP contribution >= 0.6 is 23.2 Å². The molecule has 1 aliphatic carbocycles. The number of pyridine rings is 1. The van der Waals surface area contributed by atoms with Crippen molar-refractivity contribution in [3.05, 3.63) is 40.1 Å². The summed E-state index contributed by atoms with van der Waals surface area (Å²) in [7, 11) is 0. The number of fused-ring (bicyclic) bond motifs is 1. The van der Waals surface area contributed by atoms with E-state index in [0.29, 0.717) is 0 Å². The molecule has 2 aliphatic rings. The van der Waals surface area contributed by atoms with Crippen molar-refractivity contribution in [1.82, 2.24) is 4.98 Å². The van der Waals surface area contributed by atoms with Crippen LogP contribution in [-0.4, -0.2) is 29.5 Å². The Morgan fingerprint density at radius 3 is 2.59 bits per heavy atom. The van der Waals surface area contributed by atoms with E-state index < -0.39 is 24.5 Å². The molecule has 1 aliphatic heterocycles. The van der Waals surface area contributed by atoms with Crippen molar-refractivity contribution < 1.29 is 27.8 Å². The van der Waals surface area contributed by atoms with Gasteiger partial charge in [0.2, 0.25) is 0 Å². The number of alkyl halides is 2. The Balaban J connectivity index is 1.72. The minimum atomic E-state index is -3.10. The van der Waals surface area contributed by atoms with Gasteiger partial charge in [0, 0.05) is 18.3 Å². The number of ether oxygens (including phenoxy) is 2. The van der Waals surface area contributed by atoms with Crippen LogP contribution in [0.4, 0.5) is 20.2 Å². The molecule has 11 heteroatoms. The van der Waals surface area contributed by atoms with Gasteiger partial charge in [0.05, 0.1) is 21.3 Å². The van der Waals surface area contributed by atoms with Gasteiger partial charge in [-0.15, -0.1) is 0 Å². The number of halogens is 4. The highest BCUT2D eigenvalue weighted by atomic mass is 35.5. The molecule has 2 N–H and O–H groups in total. The van der Waals surface area contributed by atoms with Crippen LogP contribution in [0.1, 0.15) is 23.2 Å². The second-order valence-corrected chi connectivity index (χ2v) is 7.31. The van der Waals surface area contributed by atoms with Crippen LogP contribution in [0.3, 0.4) is 0 Å². The average molecular weight is 444 g/mol. The minimum Gasteiger partial charge on any atom is -0.474 e. The number of amides is 2. The summed E-state index contributed by atoms with van der Waals surface area (Å²) in [6, 6.07) is 2.41. The highest BCUT2D eigenvalue weighted by Crippen LogP contribution is 2.46. The van der Waals surface area contributed by atoms with Gasteiger partial charge in [-0.2, -0.15) is 8.78 Å². The lowest BCUT2D eigenvalue weighted by Crippen LogP contribution is -2.39. The van der Waals surface area contributed by atoms with Crippen LogP contribution in [0, 0.1) is 5.92 Å². The standard InChI is InChI=1S/C18H13Cl2F2N3O4/c19-9-5-23-6-10(20)13(9)25-16(26)8-3-4-11(28-18(21)22)15-12(8)24-17(27)14(29-15)7-1-2-7/h3-7,14,18H,1-2H2,(H,24,27)(H,23,25,26)/t14-/m1/s1. The average Bonchev–Trinajstić information content (AvgIpc) is 3.49. The van der Waals surface area contributed by atoms with Gasteiger partial charge < -0.3 is 20.1 Å².